The minimum atomic E-state index is -0.514. The van der Waals surface area contributed by atoms with E-state index in [0.29, 0.717) is 41.0 Å². The first kappa shape index (κ1) is 23.9. The van der Waals surface area contributed by atoms with Crippen LogP contribution in [-0.2, 0) is 6.54 Å². The summed E-state index contributed by atoms with van der Waals surface area (Å²) in [5.74, 6) is 0.105. The Labute approximate surface area is 220 Å². The lowest BCUT2D eigenvalue weighted by molar-refractivity contribution is 0.0706. The van der Waals surface area contributed by atoms with Gasteiger partial charge in [-0.2, -0.15) is 5.10 Å². The molecule has 6 rings (SSSR count). The van der Waals surface area contributed by atoms with Crippen molar-refractivity contribution in [1.82, 2.24) is 14.7 Å². The maximum Gasteiger partial charge on any atom is 0.256 e. The average molecular weight is 515 g/mol. The van der Waals surface area contributed by atoms with Crippen LogP contribution in [0.5, 0.6) is 0 Å². The lowest BCUT2D eigenvalue weighted by Crippen LogP contribution is -2.39. The van der Waals surface area contributed by atoms with Crippen LogP contribution >= 0.6 is 11.6 Å². The zero-order valence-electron chi connectivity index (χ0n) is 20.5. The first-order chi connectivity index (χ1) is 18.0. The molecule has 0 spiro atoms. The number of hydrogen-bond acceptors (Lipinski definition) is 3. The van der Waals surface area contributed by atoms with Crippen molar-refractivity contribution in [1.29, 1.82) is 0 Å². The van der Waals surface area contributed by atoms with Crippen molar-refractivity contribution in [2.45, 2.75) is 32.2 Å². The summed E-state index contributed by atoms with van der Waals surface area (Å²) in [6, 6.07) is 20.4. The summed E-state index contributed by atoms with van der Waals surface area (Å²) in [5.41, 5.74) is 3.35. The number of halogens is 2. The molecule has 0 N–H and O–H groups in total. The van der Waals surface area contributed by atoms with Gasteiger partial charge in [-0.3, -0.25) is 14.5 Å². The quantitative estimate of drug-likeness (QED) is 0.256. The van der Waals surface area contributed by atoms with Gasteiger partial charge >= 0.3 is 0 Å². The fourth-order valence-corrected chi connectivity index (χ4v) is 5.21. The molecule has 3 aromatic carbocycles. The zero-order chi connectivity index (χ0) is 25.4. The van der Waals surface area contributed by atoms with Crippen LogP contribution in [0, 0.1) is 17.7 Å². The summed E-state index contributed by atoms with van der Waals surface area (Å²) < 4.78 is 17.4. The summed E-state index contributed by atoms with van der Waals surface area (Å²) >= 11 is 6.23. The number of para-hydroxylation sites is 1. The number of aliphatic imine (C=N–C) groups is 1. The molecule has 188 valence electrons. The van der Waals surface area contributed by atoms with Crippen LogP contribution in [0.25, 0.3) is 22.2 Å². The first-order valence-corrected chi connectivity index (χ1v) is 13.3. The fourth-order valence-electron chi connectivity index (χ4n) is 5.02. The molecule has 37 heavy (non-hydrogen) atoms. The predicted octanol–water partition coefficient (Wildman–Crippen LogP) is 7.16. The molecule has 2 fully saturated rings. The van der Waals surface area contributed by atoms with E-state index in [-0.39, 0.29) is 11.5 Å². The van der Waals surface area contributed by atoms with Crippen molar-refractivity contribution in [3.05, 3.63) is 83.1 Å². The zero-order valence-corrected chi connectivity index (χ0v) is 21.2. The number of nitrogens with zero attached hydrogens (tertiary/aromatic N) is 4. The third-order valence-corrected chi connectivity index (χ3v) is 7.55. The van der Waals surface area contributed by atoms with Crippen LogP contribution < -0.4 is 0 Å². The van der Waals surface area contributed by atoms with E-state index in [0.717, 1.165) is 36.2 Å². The van der Waals surface area contributed by atoms with Gasteiger partial charge in [0.2, 0.25) is 0 Å². The smallest absolute Gasteiger partial charge is 0.256 e. The maximum absolute atomic E-state index is 15.4. The molecule has 0 unspecified atom stereocenters. The predicted molar refractivity (Wildman–Crippen MR) is 146 cm³/mol. The Bertz CT molecular complexity index is 1470. The molecule has 1 saturated carbocycles. The number of amides is 1. The summed E-state index contributed by atoms with van der Waals surface area (Å²) in [4.78, 5) is 19.8. The van der Waals surface area contributed by atoms with E-state index in [9.17, 15) is 4.79 Å². The van der Waals surface area contributed by atoms with Gasteiger partial charge in [0.05, 0.1) is 16.8 Å². The molecule has 1 amide bonds. The summed E-state index contributed by atoms with van der Waals surface area (Å²) in [6.07, 6.45) is 5.94. The second kappa shape index (κ2) is 10.1. The highest BCUT2D eigenvalue weighted by Gasteiger charge is 2.28. The molecule has 4 aromatic rings. The topological polar surface area (TPSA) is 50.5 Å². The van der Waals surface area contributed by atoms with E-state index < -0.39 is 5.82 Å². The minimum Gasteiger partial charge on any atom is -0.339 e. The van der Waals surface area contributed by atoms with Gasteiger partial charge in [0.1, 0.15) is 11.5 Å². The number of aromatic nitrogens is 2. The van der Waals surface area contributed by atoms with E-state index in [1.165, 1.54) is 18.9 Å². The van der Waals surface area contributed by atoms with E-state index in [4.69, 9.17) is 16.7 Å². The minimum absolute atomic E-state index is 0.110. The summed E-state index contributed by atoms with van der Waals surface area (Å²) in [6.45, 7) is 1.93. The Kier molecular flexibility index (Phi) is 6.51. The highest BCUT2D eigenvalue weighted by molar-refractivity contribution is 6.30. The Morgan fingerprint density at radius 3 is 2.54 bits per heavy atom. The molecule has 1 aliphatic carbocycles. The van der Waals surface area contributed by atoms with Crippen LogP contribution in [-0.4, -0.2) is 39.9 Å². The van der Waals surface area contributed by atoms with E-state index in [2.05, 4.69) is 4.99 Å². The van der Waals surface area contributed by atoms with Gasteiger partial charge in [0.15, 0.2) is 0 Å². The summed E-state index contributed by atoms with van der Waals surface area (Å²) in [5, 5.41) is 6.15. The molecule has 2 heterocycles. The van der Waals surface area contributed by atoms with Crippen molar-refractivity contribution >= 4 is 40.3 Å². The van der Waals surface area contributed by atoms with Crippen molar-refractivity contribution in [2.24, 2.45) is 16.8 Å². The van der Waals surface area contributed by atoms with Crippen molar-refractivity contribution in [2.75, 3.05) is 13.1 Å². The standard InChI is InChI=1S/C30H28ClFN4O/c31-23-6-4-5-22(15-23)29-26-16-27(32)25(17-28(26)36(34-29)19-21-9-10-21)30(37)35-13-11-20(12-14-35)18-33-24-7-2-1-3-8-24/h1-8,15-18,20-21H,9-14,19H2. The Morgan fingerprint density at radius 1 is 1.03 bits per heavy atom. The lowest BCUT2D eigenvalue weighted by Gasteiger charge is -2.30. The second-order valence-corrected chi connectivity index (χ2v) is 10.5. The van der Waals surface area contributed by atoms with Gasteiger partial charge in [-0.05, 0) is 73.9 Å². The molecule has 0 radical (unpaired) electrons. The van der Waals surface area contributed by atoms with E-state index in [1.807, 2.05) is 65.5 Å². The molecule has 1 saturated heterocycles. The second-order valence-electron chi connectivity index (χ2n) is 10.1. The van der Waals surface area contributed by atoms with Crippen LogP contribution in [0.1, 0.15) is 36.0 Å². The maximum atomic E-state index is 15.4. The van der Waals surface area contributed by atoms with Crippen LogP contribution in [0.2, 0.25) is 5.02 Å². The third-order valence-electron chi connectivity index (χ3n) is 7.31. The van der Waals surface area contributed by atoms with Gasteiger partial charge < -0.3 is 4.90 Å². The summed E-state index contributed by atoms with van der Waals surface area (Å²) in [7, 11) is 0. The molecule has 1 aromatic heterocycles. The fraction of sp³-hybridized carbons (Fsp3) is 0.300. The SMILES string of the molecule is O=C(c1cc2c(cc1F)c(-c1cccc(Cl)c1)nn2CC1CC1)N1CCC(C=Nc2ccccc2)CC1. The molecule has 7 heteroatoms. The molecule has 2 aliphatic rings. The molecule has 0 bridgehead atoms. The normalized spacial score (nSPS) is 16.6. The molecule has 5 nitrogen and oxygen atoms in total. The van der Waals surface area contributed by atoms with Crippen LogP contribution in [0.15, 0.2) is 71.7 Å². The highest BCUT2D eigenvalue weighted by Crippen LogP contribution is 2.36. The van der Waals surface area contributed by atoms with E-state index in [1.54, 1.807) is 11.0 Å². The third kappa shape index (κ3) is 5.16. The number of carbonyl (C=O) groups is 1. The van der Waals surface area contributed by atoms with Gasteiger partial charge in [-0.25, -0.2) is 4.39 Å². The monoisotopic (exact) mass is 514 g/mol. The number of benzene rings is 3. The Balaban J connectivity index is 1.25. The van der Waals surface area contributed by atoms with E-state index >= 15 is 4.39 Å². The van der Waals surface area contributed by atoms with Gasteiger partial charge in [-0.1, -0.05) is 41.9 Å². The largest absolute Gasteiger partial charge is 0.339 e. The van der Waals surface area contributed by atoms with Gasteiger partial charge in [0, 0.05) is 41.8 Å². The number of hydrogen-bond donors (Lipinski definition) is 0. The molecular formula is C30H28ClFN4O. The number of fused-ring (bicyclic) bond motifs is 1. The van der Waals surface area contributed by atoms with Crippen molar-refractivity contribution in [3.8, 4) is 11.3 Å². The average Bonchev–Trinajstić information content (AvgIpc) is 3.68. The molecule has 1 aliphatic heterocycles. The number of piperidine rings is 1. The van der Waals surface area contributed by atoms with Gasteiger partial charge in [-0.15, -0.1) is 0 Å². The Morgan fingerprint density at radius 2 is 1.81 bits per heavy atom. The Hall–Kier alpha value is -3.51. The molecule has 0 atom stereocenters. The van der Waals surface area contributed by atoms with Crippen LogP contribution in [0.3, 0.4) is 0 Å². The number of carbonyl (C=O) groups excluding carboxylic acids is 1. The van der Waals surface area contributed by atoms with Gasteiger partial charge in [0.25, 0.3) is 5.91 Å². The number of likely N-dealkylation sites (tertiary alicyclic amines) is 1. The van der Waals surface area contributed by atoms with Crippen LogP contribution in [0.4, 0.5) is 10.1 Å². The molecular weight excluding hydrogens is 487 g/mol. The lowest BCUT2D eigenvalue weighted by atomic mass is 9.97. The van der Waals surface area contributed by atoms with Crippen molar-refractivity contribution in [3.63, 3.8) is 0 Å². The highest BCUT2D eigenvalue weighted by atomic mass is 35.5. The number of rotatable bonds is 6. The first-order valence-electron chi connectivity index (χ1n) is 12.9. The van der Waals surface area contributed by atoms with Crippen molar-refractivity contribution < 1.29 is 9.18 Å².